The van der Waals surface area contributed by atoms with Crippen molar-refractivity contribution in [1.29, 1.82) is 0 Å². The number of carbonyl (C=O) groups is 1. The predicted octanol–water partition coefficient (Wildman–Crippen LogP) is 4.13. The van der Waals surface area contributed by atoms with Gasteiger partial charge in [-0.2, -0.15) is 0 Å². The molecule has 2 unspecified atom stereocenters. The molecule has 1 aromatic rings. The van der Waals surface area contributed by atoms with Crippen LogP contribution in [-0.2, 0) is 0 Å². The van der Waals surface area contributed by atoms with E-state index < -0.39 is 0 Å². The van der Waals surface area contributed by atoms with Crippen molar-refractivity contribution in [2.45, 2.75) is 25.3 Å². The number of rotatable bonds is 3. The molecule has 5 heteroatoms. The monoisotopic (exact) mass is 305 g/mol. The van der Waals surface area contributed by atoms with Gasteiger partial charge in [-0.1, -0.05) is 35.7 Å². The third-order valence-corrected chi connectivity index (χ3v) is 4.59. The van der Waals surface area contributed by atoms with Crippen molar-refractivity contribution < 1.29 is 4.79 Å². The molecule has 1 fully saturated rings. The highest BCUT2D eigenvalue weighted by atomic mass is 35.5. The fraction of sp³-hybridized carbons (Fsp3) is 0.462. The van der Waals surface area contributed by atoms with Crippen LogP contribution in [0.25, 0.3) is 0 Å². The number of halogens is 3. The number of hydrogen-bond donors (Lipinski definition) is 1. The van der Waals surface area contributed by atoms with Gasteiger partial charge in [-0.15, -0.1) is 11.6 Å². The van der Waals surface area contributed by atoms with Crippen molar-refractivity contribution in [3.63, 3.8) is 0 Å². The molecule has 2 rings (SSSR count). The van der Waals surface area contributed by atoms with Gasteiger partial charge in [0.2, 0.25) is 0 Å². The maximum absolute atomic E-state index is 12.1. The number of alkyl halides is 1. The van der Waals surface area contributed by atoms with Crippen LogP contribution in [0.1, 0.15) is 29.6 Å². The topological polar surface area (TPSA) is 29.1 Å². The Bertz CT molecular complexity index is 450. The van der Waals surface area contributed by atoms with Crippen molar-refractivity contribution in [2.75, 3.05) is 5.88 Å². The number of amides is 1. The van der Waals surface area contributed by atoms with Gasteiger partial charge >= 0.3 is 0 Å². The van der Waals surface area contributed by atoms with Gasteiger partial charge in [-0.05, 0) is 30.9 Å². The molecule has 1 aliphatic rings. The quantitative estimate of drug-likeness (QED) is 0.836. The Hall–Kier alpha value is -0.440. The zero-order chi connectivity index (χ0) is 13.1. The molecule has 1 amide bonds. The molecule has 1 aromatic carbocycles. The Labute approximate surface area is 122 Å². The van der Waals surface area contributed by atoms with Crippen LogP contribution in [0, 0.1) is 5.92 Å². The van der Waals surface area contributed by atoms with E-state index in [1.807, 2.05) is 0 Å². The predicted molar refractivity (Wildman–Crippen MR) is 75.8 cm³/mol. The molecule has 0 saturated heterocycles. The summed E-state index contributed by atoms with van der Waals surface area (Å²) in [5, 5.41) is 3.69. The lowest BCUT2D eigenvalue weighted by molar-refractivity contribution is 0.0930. The summed E-state index contributed by atoms with van der Waals surface area (Å²) in [6, 6.07) is 5.20. The van der Waals surface area contributed by atoms with Gasteiger partial charge in [0.15, 0.2) is 0 Å². The molecule has 0 aromatic heterocycles. The average Bonchev–Trinajstić information content (AvgIpc) is 2.79. The normalized spacial score (nSPS) is 23.1. The Kier molecular flexibility index (Phi) is 4.77. The van der Waals surface area contributed by atoms with Crippen LogP contribution >= 0.6 is 34.8 Å². The lowest BCUT2D eigenvalue weighted by Crippen LogP contribution is -2.38. The minimum atomic E-state index is -0.176. The van der Waals surface area contributed by atoms with Gasteiger partial charge < -0.3 is 5.32 Å². The van der Waals surface area contributed by atoms with Gasteiger partial charge in [0, 0.05) is 11.9 Å². The van der Waals surface area contributed by atoms with E-state index in [0.29, 0.717) is 27.4 Å². The maximum atomic E-state index is 12.1. The molecule has 2 atom stereocenters. The highest BCUT2D eigenvalue weighted by molar-refractivity contribution is 6.43. The van der Waals surface area contributed by atoms with E-state index in [9.17, 15) is 4.79 Å². The van der Waals surface area contributed by atoms with Gasteiger partial charge in [-0.25, -0.2) is 0 Å². The minimum absolute atomic E-state index is 0.144. The molecule has 98 valence electrons. The van der Waals surface area contributed by atoms with Crippen molar-refractivity contribution >= 4 is 40.7 Å². The smallest absolute Gasteiger partial charge is 0.253 e. The molecular formula is C13H14Cl3NO. The van der Waals surface area contributed by atoms with Crippen molar-refractivity contribution in [2.24, 2.45) is 5.92 Å². The first-order valence-electron chi connectivity index (χ1n) is 5.94. The summed E-state index contributed by atoms with van der Waals surface area (Å²) < 4.78 is 0. The minimum Gasteiger partial charge on any atom is -0.349 e. The van der Waals surface area contributed by atoms with Gasteiger partial charge in [0.25, 0.3) is 5.91 Å². The van der Waals surface area contributed by atoms with E-state index in [0.717, 1.165) is 19.3 Å². The number of benzene rings is 1. The molecule has 0 aliphatic heterocycles. The van der Waals surface area contributed by atoms with Gasteiger partial charge in [0.1, 0.15) is 0 Å². The zero-order valence-corrected chi connectivity index (χ0v) is 12.0. The van der Waals surface area contributed by atoms with E-state index in [-0.39, 0.29) is 11.9 Å². The van der Waals surface area contributed by atoms with Crippen LogP contribution in [0.2, 0.25) is 10.0 Å². The van der Waals surface area contributed by atoms with E-state index >= 15 is 0 Å². The van der Waals surface area contributed by atoms with Gasteiger partial charge in [-0.3, -0.25) is 4.79 Å². The van der Waals surface area contributed by atoms with Crippen LogP contribution in [0.3, 0.4) is 0 Å². The largest absolute Gasteiger partial charge is 0.349 e. The molecule has 0 radical (unpaired) electrons. The summed E-state index contributed by atoms with van der Waals surface area (Å²) in [6.07, 6.45) is 3.14. The lowest BCUT2D eigenvalue weighted by Gasteiger charge is -2.19. The third-order valence-electron chi connectivity index (χ3n) is 3.37. The van der Waals surface area contributed by atoms with E-state index in [2.05, 4.69) is 5.32 Å². The summed E-state index contributed by atoms with van der Waals surface area (Å²) in [5.74, 6) is 0.756. The van der Waals surface area contributed by atoms with Gasteiger partial charge in [0.05, 0.1) is 15.6 Å². The summed E-state index contributed by atoms with van der Waals surface area (Å²) >= 11 is 17.8. The van der Waals surface area contributed by atoms with Crippen molar-refractivity contribution in [3.05, 3.63) is 33.8 Å². The Morgan fingerprint density at radius 2 is 2.11 bits per heavy atom. The highest BCUT2D eigenvalue weighted by Crippen LogP contribution is 2.29. The van der Waals surface area contributed by atoms with Crippen molar-refractivity contribution in [3.8, 4) is 0 Å². The molecule has 0 spiro atoms. The molecule has 0 bridgehead atoms. The first kappa shape index (κ1) is 14.0. The van der Waals surface area contributed by atoms with E-state index in [1.165, 1.54) is 0 Å². The van der Waals surface area contributed by atoms with Crippen LogP contribution in [0.15, 0.2) is 18.2 Å². The molecule has 2 nitrogen and oxygen atoms in total. The molecule has 1 N–H and O–H groups in total. The summed E-state index contributed by atoms with van der Waals surface area (Å²) in [5.41, 5.74) is 0.421. The van der Waals surface area contributed by atoms with Crippen LogP contribution in [-0.4, -0.2) is 17.8 Å². The molecule has 18 heavy (non-hydrogen) atoms. The fourth-order valence-corrected chi connectivity index (χ4v) is 3.09. The lowest BCUT2D eigenvalue weighted by atomic mass is 10.1. The number of nitrogens with one attached hydrogen (secondary N) is 1. The standard InChI is InChI=1S/C13H14Cl3NO/c14-7-8-3-1-6-11(8)17-13(18)9-4-2-5-10(15)12(9)16/h2,4-5,8,11H,1,3,6-7H2,(H,17,18). The second-order valence-corrected chi connectivity index (χ2v) is 5.62. The molecule has 1 saturated carbocycles. The Morgan fingerprint density at radius 3 is 2.83 bits per heavy atom. The fourth-order valence-electron chi connectivity index (χ4n) is 2.34. The average molecular weight is 307 g/mol. The van der Waals surface area contributed by atoms with E-state index in [1.54, 1.807) is 18.2 Å². The summed E-state index contributed by atoms with van der Waals surface area (Å²) in [4.78, 5) is 12.1. The van der Waals surface area contributed by atoms with Crippen LogP contribution < -0.4 is 5.32 Å². The van der Waals surface area contributed by atoms with E-state index in [4.69, 9.17) is 34.8 Å². The maximum Gasteiger partial charge on any atom is 0.253 e. The number of carbonyl (C=O) groups excluding carboxylic acids is 1. The molecular weight excluding hydrogens is 293 g/mol. The first-order valence-corrected chi connectivity index (χ1v) is 7.23. The Morgan fingerprint density at radius 1 is 1.33 bits per heavy atom. The summed E-state index contributed by atoms with van der Waals surface area (Å²) in [7, 11) is 0. The first-order chi connectivity index (χ1) is 8.63. The zero-order valence-electron chi connectivity index (χ0n) is 9.76. The third kappa shape index (κ3) is 2.93. The van der Waals surface area contributed by atoms with Crippen LogP contribution in [0.5, 0.6) is 0 Å². The Balaban J connectivity index is 2.10. The SMILES string of the molecule is O=C(NC1CCCC1CCl)c1cccc(Cl)c1Cl. The number of hydrogen-bond acceptors (Lipinski definition) is 1. The highest BCUT2D eigenvalue weighted by Gasteiger charge is 2.28. The summed E-state index contributed by atoms with van der Waals surface area (Å²) in [6.45, 7) is 0. The second-order valence-electron chi connectivity index (χ2n) is 4.53. The molecule has 0 heterocycles. The van der Waals surface area contributed by atoms with Crippen molar-refractivity contribution in [1.82, 2.24) is 5.32 Å². The second kappa shape index (κ2) is 6.14. The van der Waals surface area contributed by atoms with Crippen LogP contribution in [0.4, 0.5) is 0 Å². The molecule has 1 aliphatic carbocycles.